The van der Waals surface area contributed by atoms with Gasteiger partial charge in [0.1, 0.15) is 11.4 Å². The van der Waals surface area contributed by atoms with Crippen molar-refractivity contribution < 1.29 is 9.84 Å². The van der Waals surface area contributed by atoms with E-state index in [2.05, 4.69) is 67.6 Å². The van der Waals surface area contributed by atoms with Gasteiger partial charge in [0.2, 0.25) is 0 Å². The van der Waals surface area contributed by atoms with E-state index in [0.717, 1.165) is 41.7 Å². The molecule has 0 aromatic heterocycles. The van der Waals surface area contributed by atoms with Crippen molar-refractivity contribution in [3.05, 3.63) is 89.7 Å². The van der Waals surface area contributed by atoms with Crippen LogP contribution in [-0.4, -0.2) is 17.3 Å². The normalized spacial score (nSPS) is 19.3. The van der Waals surface area contributed by atoms with Gasteiger partial charge in [-0.15, -0.1) is 0 Å². The number of hydrogen-bond acceptors (Lipinski definition) is 2. The molecular weight excluding hydrogens is 296 g/mol. The Hall–Kier alpha value is -2.32. The van der Waals surface area contributed by atoms with Crippen LogP contribution in [-0.2, 0) is 4.74 Å². The predicted octanol–water partition coefficient (Wildman–Crippen LogP) is 4.95. The topological polar surface area (TPSA) is 29.5 Å². The van der Waals surface area contributed by atoms with Gasteiger partial charge in [-0.3, -0.25) is 0 Å². The molecule has 2 aromatic carbocycles. The molecule has 0 amide bonds. The Morgan fingerprint density at radius 3 is 2.04 bits per heavy atom. The molecule has 1 atom stereocenters. The van der Waals surface area contributed by atoms with Crippen molar-refractivity contribution in [1.29, 1.82) is 0 Å². The van der Waals surface area contributed by atoms with Crippen LogP contribution in [0, 0.1) is 0 Å². The van der Waals surface area contributed by atoms with E-state index in [9.17, 15) is 5.11 Å². The molecule has 0 aliphatic carbocycles. The average molecular weight is 320 g/mol. The molecule has 2 aromatic rings. The summed E-state index contributed by atoms with van der Waals surface area (Å²) in [5, 5.41) is 9.18. The number of ether oxygens (including phenoxy) is 1. The van der Waals surface area contributed by atoms with E-state index in [-0.39, 0.29) is 12.2 Å². The van der Waals surface area contributed by atoms with E-state index in [4.69, 9.17) is 4.74 Å². The molecule has 1 aliphatic rings. The summed E-state index contributed by atoms with van der Waals surface area (Å²) in [7, 11) is 0. The molecule has 3 rings (SSSR count). The van der Waals surface area contributed by atoms with Crippen molar-refractivity contribution >= 4 is 5.57 Å². The summed E-state index contributed by atoms with van der Waals surface area (Å²) in [4.78, 5) is 0. The highest BCUT2D eigenvalue weighted by Crippen LogP contribution is 2.38. The molecule has 24 heavy (non-hydrogen) atoms. The number of aliphatic hydroxyl groups excluding tert-OH is 1. The van der Waals surface area contributed by atoms with Crippen LogP contribution in [0.3, 0.4) is 0 Å². The summed E-state index contributed by atoms with van der Waals surface area (Å²) in [6.07, 6.45) is 6.72. The van der Waals surface area contributed by atoms with Crippen molar-refractivity contribution in [3.8, 4) is 0 Å². The summed E-state index contributed by atoms with van der Waals surface area (Å²) in [6.45, 7) is 2.33. The van der Waals surface area contributed by atoms with Crippen molar-refractivity contribution in [1.82, 2.24) is 0 Å². The lowest BCUT2D eigenvalue weighted by molar-refractivity contribution is 0.0497. The number of allylic oxidation sites excluding steroid dienone is 1. The Morgan fingerprint density at radius 1 is 0.958 bits per heavy atom. The second-order valence-corrected chi connectivity index (χ2v) is 6.15. The average Bonchev–Trinajstić information content (AvgIpc) is 3.07. The highest BCUT2D eigenvalue weighted by Gasteiger charge is 2.33. The van der Waals surface area contributed by atoms with Crippen LogP contribution in [0.15, 0.2) is 78.6 Å². The summed E-state index contributed by atoms with van der Waals surface area (Å²) in [5.41, 5.74) is 3.12. The summed E-state index contributed by atoms with van der Waals surface area (Å²) in [6, 6.07) is 20.7. The summed E-state index contributed by atoms with van der Waals surface area (Å²) < 4.78 is 6.43. The first kappa shape index (κ1) is 16.5. The fourth-order valence-electron chi connectivity index (χ4n) is 3.19. The van der Waals surface area contributed by atoms with Gasteiger partial charge in [-0.1, -0.05) is 67.6 Å². The van der Waals surface area contributed by atoms with Crippen molar-refractivity contribution in [2.24, 2.45) is 0 Å². The standard InChI is InChI=1S/C22H24O2/c1-2-22(15-9-17-23)16-14-20(24-22)21(18-10-5-3-6-11-18)19-12-7-4-8-13-19/h3-8,10-14,16,23H,2,9,15,17H2,1H3. The minimum atomic E-state index is -0.299. The lowest BCUT2D eigenvalue weighted by atomic mass is 9.95. The zero-order valence-corrected chi connectivity index (χ0v) is 14.1. The Bertz CT molecular complexity index is 675. The molecular formula is C22H24O2. The molecule has 0 bridgehead atoms. The van der Waals surface area contributed by atoms with E-state index >= 15 is 0 Å². The monoisotopic (exact) mass is 320 g/mol. The zero-order chi connectivity index (χ0) is 16.8. The first-order chi connectivity index (χ1) is 11.8. The predicted molar refractivity (Wildman–Crippen MR) is 98.5 cm³/mol. The van der Waals surface area contributed by atoms with Crippen molar-refractivity contribution in [2.75, 3.05) is 6.61 Å². The van der Waals surface area contributed by atoms with E-state index < -0.39 is 0 Å². The Labute approximate surface area is 144 Å². The Morgan fingerprint density at radius 2 is 1.54 bits per heavy atom. The Balaban J connectivity index is 2.04. The van der Waals surface area contributed by atoms with Crippen LogP contribution in [0.5, 0.6) is 0 Å². The van der Waals surface area contributed by atoms with Gasteiger partial charge < -0.3 is 9.84 Å². The molecule has 0 spiro atoms. The first-order valence-electron chi connectivity index (χ1n) is 8.62. The van der Waals surface area contributed by atoms with Crippen LogP contribution < -0.4 is 0 Å². The largest absolute Gasteiger partial charge is 0.483 e. The van der Waals surface area contributed by atoms with Gasteiger partial charge >= 0.3 is 0 Å². The van der Waals surface area contributed by atoms with Crippen LogP contribution in [0.1, 0.15) is 37.3 Å². The Kier molecular flexibility index (Phi) is 5.17. The minimum Gasteiger partial charge on any atom is -0.483 e. The molecule has 1 N–H and O–H groups in total. The second-order valence-electron chi connectivity index (χ2n) is 6.15. The molecule has 0 fully saturated rings. The molecule has 1 aliphatic heterocycles. The van der Waals surface area contributed by atoms with Crippen molar-refractivity contribution in [2.45, 2.75) is 31.8 Å². The van der Waals surface area contributed by atoms with E-state index in [1.807, 2.05) is 12.1 Å². The summed E-state index contributed by atoms with van der Waals surface area (Å²) in [5.74, 6) is 0.909. The third kappa shape index (κ3) is 3.44. The number of hydrogen-bond donors (Lipinski definition) is 1. The van der Waals surface area contributed by atoms with Crippen molar-refractivity contribution in [3.63, 3.8) is 0 Å². The molecule has 2 heteroatoms. The third-order valence-corrected chi connectivity index (χ3v) is 4.58. The molecule has 0 saturated heterocycles. The maximum absolute atomic E-state index is 9.18. The highest BCUT2D eigenvalue weighted by atomic mass is 16.5. The highest BCUT2D eigenvalue weighted by molar-refractivity contribution is 5.83. The van der Waals surface area contributed by atoms with Crippen LogP contribution in [0.25, 0.3) is 5.57 Å². The maximum Gasteiger partial charge on any atom is 0.128 e. The molecule has 2 nitrogen and oxygen atoms in total. The fourth-order valence-corrected chi connectivity index (χ4v) is 3.19. The number of rotatable bonds is 6. The zero-order valence-electron chi connectivity index (χ0n) is 14.1. The number of aliphatic hydroxyl groups is 1. The van der Waals surface area contributed by atoms with Gasteiger partial charge in [0.05, 0.1) is 0 Å². The maximum atomic E-state index is 9.18. The first-order valence-corrected chi connectivity index (χ1v) is 8.62. The van der Waals surface area contributed by atoms with Crippen LogP contribution in [0.4, 0.5) is 0 Å². The minimum absolute atomic E-state index is 0.197. The van der Waals surface area contributed by atoms with E-state index in [1.165, 1.54) is 0 Å². The summed E-state index contributed by atoms with van der Waals surface area (Å²) >= 11 is 0. The SMILES string of the molecule is CCC1(CCCO)C=CC(=C(c2ccccc2)c2ccccc2)O1. The number of benzene rings is 2. The molecule has 0 radical (unpaired) electrons. The lowest BCUT2D eigenvalue weighted by Crippen LogP contribution is -2.26. The van der Waals surface area contributed by atoms with Gasteiger partial charge in [-0.2, -0.15) is 0 Å². The second kappa shape index (κ2) is 7.50. The molecule has 124 valence electrons. The van der Waals surface area contributed by atoms with Crippen LogP contribution in [0.2, 0.25) is 0 Å². The molecule has 1 heterocycles. The van der Waals surface area contributed by atoms with Gasteiger partial charge in [0.25, 0.3) is 0 Å². The van der Waals surface area contributed by atoms with Gasteiger partial charge in [0.15, 0.2) is 0 Å². The quantitative estimate of drug-likeness (QED) is 0.815. The lowest BCUT2D eigenvalue weighted by Gasteiger charge is -2.27. The fraction of sp³-hybridized carbons (Fsp3) is 0.273. The van der Waals surface area contributed by atoms with Gasteiger partial charge in [-0.25, -0.2) is 0 Å². The third-order valence-electron chi connectivity index (χ3n) is 4.58. The van der Waals surface area contributed by atoms with Crippen LogP contribution >= 0.6 is 0 Å². The smallest absolute Gasteiger partial charge is 0.128 e. The van der Waals surface area contributed by atoms with E-state index in [0.29, 0.717) is 0 Å². The van der Waals surface area contributed by atoms with Gasteiger partial charge in [0, 0.05) is 12.2 Å². The van der Waals surface area contributed by atoms with Gasteiger partial charge in [-0.05, 0) is 42.5 Å². The molecule has 1 unspecified atom stereocenters. The molecule has 0 saturated carbocycles. The van der Waals surface area contributed by atoms with E-state index in [1.54, 1.807) is 0 Å².